The van der Waals surface area contributed by atoms with Crippen LogP contribution in [0.1, 0.15) is 24.4 Å². The highest BCUT2D eigenvalue weighted by Gasteiger charge is 2.34. The van der Waals surface area contributed by atoms with Crippen LogP contribution in [0.4, 0.5) is 13.2 Å². The van der Waals surface area contributed by atoms with Crippen molar-refractivity contribution in [3.8, 4) is 0 Å². The second-order valence-corrected chi connectivity index (χ2v) is 7.48. The Morgan fingerprint density at radius 1 is 1.17 bits per heavy atom. The molecule has 24 heavy (non-hydrogen) atoms. The van der Waals surface area contributed by atoms with Crippen LogP contribution in [0.2, 0.25) is 0 Å². The summed E-state index contributed by atoms with van der Waals surface area (Å²) in [5, 5.41) is 7.62. The Kier molecular flexibility index (Phi) is 4.35. The van der Waals surface area contributed by atoms with Crippen molar-refractivity contribution in [1.29, 1.82) is 0 Å². The number of nitrogens with zero attached hydrogens (tertiary/aromatic N) is 4. The first-order valence-electron chi connectivity index (χ1n) is 7.32. The summed E-state index contributed by atoms with van der Waals surface area (Å²) >= 11 is 0. The van der Waals surface area contributed by atoms with Crippen molar-refractivity contribution in [2.75, 3.05) is 13.1 Å². The first-order valence-corrected chi connectivity index (χ1v) is 8.76. The van der Waals surface area contributed by atoms with Crippen LogP contribution in [0.25, 0.3) is 0 Å². The molecular formula is C14H15F3N4O2S. The van der Waals surface area contributed by atoms with E-state index in [2.05, 4.69) is 10.3 Å². The largest absolute Gasteiger partial charge is 0.416 e. The summed E-state index contributed by atoms with van der Waals surface area (Å²) in [5.74, 6) is 0. The average molecular weight is 360 g/mol. The highest BCUT2D eigenvalue weighted by atomic mass is 32.2. The van der Waals surface area contributed by atoms with E-state index in [1.807, 2.05) is 0 Å². The van der Waals surface area contributed by atoms with Gasteiger partial charge >= 0.3 is 6.18 Å². The maximum absolute atomic E-state index is 12.8. The van der Waals surface area contributed by atoms with Crippen LogP contribution in [-0.4, -0.2) is 40.8 Å². The van der Waals surface area contributed by atoms with Crippen molar-refractivity contribution in [2.45, 2.75) is 30.0 Å². The van der Waals surface area contributed by atoms with E-state index in [4.69, 9.17) is 0 Å². The lowest BCUT2D eigenvalue weighted by molar-refractivity contribution is -0.137. The highest BCUT2D eigenvalue weighted by Crippen LogP contribution is 2.32. The van der Waals surface area contributed by atoms with Crippen LogP contribution in [0.3, 0.4) is 0 Å². The third-order valence-electron chi connectivity index (χ3n) is 4.04. The van der Waals surface area contributed by atoms with Crippen LogP contribution >= 0.6 is 0 Å². The van der Waals surface area contributed by atoms with E-state index in [-0.39, 0.29) is 24.0 Å². The molecule has 1 aliphatic rings. The highest BCUT2D eigenvalue weighted by molar-refractivity contribution is 7.89. The van der Waals surface area contributed by atoms with Gasteiger partial charge in [0.05, 0.1) is 22.7 Å². The first-order chi connectivity index (χ1) is 11.3. The molecule has 1 aromatic heterocycles. The molecule has 2 heterocycles. The molecule has 0 aliphatic carbocycles. The maximum Gasteiger partial charge on any atom is 0.416 e. The Balaban J connectivity index is 1.77. The van der Waals surface area contributed by atoms with Gasteiger partial charge in [-0.15, -0.1) is 5.10 Å². The summed E-state index contributed by atoms with van der Waals surface area (Å²) in [5.41, 5.74) is -0.971. The third-order valence-corrected chi connectivity index (χ3v) is 5.93. The van der Waals surface area contributed by atoms with Crippen molar-refractivity contribution in [1.82, 2.24) is 19.3 Å². The Morgan fingerprint density at radius 3 is 2.46 bits per heavy atom. The number of alkyl halides is 3. The van der Waals surface area contributed by atoms with Crippen molar-refractivity contribution < 1.29 is 21.6 Å². The first kappa shape index (κ1) is 16.9. The fourth-order valence-corrected chi connectivity index (χ4v) is 4.26. The lowest BCUT2D eigenvalue weighted by atomic mass is 10.1. The van der Waals surface area contributed by atoms with Crippen LogP contribution in [0, 0.1) is 0 Å². The Morgan fingerprint density at radius 2 is 1.88 bits per heavy atom. The smallest absolute Gasteiger partial charge is 0.249 e. The van der Waals surface area contributed by atoms with Gasteiger partial charge < -0.3 is 0 Å². The molecular weight excluding hydrogens is 345 g/mol. The molecule has 10 heteroatoms. The molecule has 0 spiro atoms. The second-order valence-electron chi connectivity index (χ2n) is 5.54. The van der Waals surface area contributed by atoms with E-state index in [1.54, 1.807) is 17.1 Å². The SMILES string of the molecule is O=S(=O)(c1cccc(C(F)(F)F)c1)N1CCC(n2ccnn2)CC1. The van der Waals surface area contributed by atoms with Crippen molar-refractivity contribution in [3.63, 3.8) is 0 Å². The molecule has 0 radical (unpaired) electrons. The van der Waals surface area contributed by atoms with Crippen LogP contribution in [0.15, 0.2) is 41.6 Å². The predicted molar refractivity (Wildman–Crippen MR) is 78.5 cm³/mol. The number of rotatable bonds is 3. The topological polar surface area (TPSA) is 68.1 Å². The molecule has 3 rings (SSSR count). The summed E-state index contributed by atoms with van der Waals surface area (Å²) in [6, 6.07) is 3.88. The van der Waals surface area contributed by atoms with Gasteiger partial charge in [0.15, 0.2) is 0 Å². The number of aromatic nitrogens is 3. The van der Waals surface area contributed by atoms with Gasteiger partial charge in [0.2, 0.25) is 10.0 Å². The molecule has 1 aromatic carbocycles. The molecule has 6 nitrogen and oxygen atoms in total. The van der Waals surface area contributed by atoms with Gasteiger partial charge in [-0.1, -0.05) is 11.3 Å². The van der Waals surface area contributed by atoms with Gasteiger partial charge in [0, 0.05) is 19.3 Å². The lowest BCUT2D eigenvalue weighted by Gasteiger charge is -2.31. The predicted octanol–water partition coefficient (Wildman–Crippen LogP) is 2.32. The monoisotopic (exact) mass is 360 g/mol. The number of benzene rings is 1. The van der Waals surface area contributed by atoms with Gasteiger partial charge in [-0.05, 0) is 31.0 Å². The third kappa shape index (κ3) is 3.29. The zero-order valence-electron chi connectivity index (χ0n) is 12.5. The minimum absolute atomic E-state index is 0.0421. The van der Waals surface area contributed by atoms with E-state index in [0.717, 1.165) is 12.1 Å². The molecule has 2 aromatic rings. The van der Waals surface area contributed by atoms with Crippen LogP contribution in [0.5, 0.6) is 0 Å². The summed E-state index contributed by atoms with van der Waals surface area (Å²) in [6.45, 7) is 0.451. The zero-order chi connectivity index (χ0) is 17.4. The minimum Gasteiger partial charge on any atom is -0.249 e. The van der Waals surface area contributed by atoms with Crippen molar-refractivity contribution in [3.05, 3.63) is 42.2 Å². The quantitative estimate of drug-likeness (QED) is 0.842. The summed E-state index contributed by atoms with van der Waals surface area (Å²) in [4.78, 5) is -0.337. The van der Waals surface area contributed by atoms with Crippen LogP contribution < -0.4 is 0 Å². The van der Waals surface area contributed by atoms with E-state index < -0.39 is 21.8 Å². The molecule has 1 saturated heterocycles. The summed E-state index contributed by atoms with van der Waals surface area (Å²) < 4.78 is 66.4. The Bertz CT molecular complexity index is 798. The fraction of sp³-hybridized carbons (Fsp3) is 0.429. The van der Waals surface area contributed by atoms with Crippen LogP contribution in [-0.2, 0) is 16.2 Å². The summed E-state index contributed by atoms with van der Waals surface area (Å²) in [7, 11) is -3.95. The Hall–Kier alpha value is -1.94. The van der Waals surface area contributed by atoms with Gasteiger partial charge in [0.1, 0.15) is 0 Å². The minimum atomic E-state index is -4.58. The van der Waals surface area contributed by atoms with Gasteiger partial charge in [0.25, 0.3) is 0 Å². The normalized spacial score (nSPS) is 18.0. The molecule has 0 atom stereocenters. The van der Waals surface area contributed by atoms with Crippen molar-refractivity contribution >= 4 is 10.0 Å². The molecule has 1 aliphatic heterocycles. The zero-order valence-corrected chi connectivity index (χ0v) is 13.3. The average Bonchev–Trinajstić information content (AvgIpc) is 3.09. The standard InChI is InChI=1S/C14H15F3N4O2S/c15-14(16,17)11-2-1-3-13(10-11)24(22,23)20-7-4-12(5-8-20)21-9-6-18-19-21/h1-3,6,9-10,12H,4-5,7-8H2. The van der Waals surface area contributed by atoms with E-state index in [9.17, 15) is 21.6 Å². The molecule has 1 fully saturated rings. The molecule has 0 N–H and O–H groups in total. The molecule has 0 amide bonds. The number of piperidine rings is 1. The number of hydrogen-bond acceptors (Lipinski definition) is 4. The van der Waals surface area contributed by atoms with Crippen molar-refractivity contribution in [2.24, 2.45) is 0 Å². The summed E-state index contributed by atoms with van der Waals surface area (Å²) in [6.07, 6.45) is -0.262. The number of sulfonamides is 1. The number of hydrogen-bond donors (Lipinski definition) is 0. The second kappa shape index (κ2) is 6.17. The molecule has 0 bridgehead atoms. The molecule has 130 valence electrons. The maximum atomic E-state index is 12.8. The van der Waals surface area contributed by atoms with E-state index in [1.165, 1.54) is 10.4 Å². The molecule has 0 saturated carbocycles. The van der Waals surface area contributed by atoms with Gasteiger partial charge in [-0.2, -0.15) is 17.5 Å². The fourth-order valence-electron chi connectivity index (χ4n) is 2.74. The van der Waals surface area contributed by atoms with E-state index >= 15 is 0 Å². The number of halogens is 3. The molecule has 0 unspecified atom stereocenters. The van der Waals surface area contributed by atoms with Gasteiger partial charge in [-0.25, -0.2) is 13.1 Å². The lowest BCUT2D eigenvalue weighted by Crippen LogP contribution is -2.39. The van der Waals surface area contributed by atoms with Gasteiger partial charge in [-0.3, -0.25) is 0 Å². The Labute approximate surface area is 136 Å². The van der Waals surface area contributed by atoms with E-state index in [0.29, 0.717) is 18.9 Å².